The summed E-state index contributed by atoms with van der Waals surface area (Å²) in [6.07, 6.45) is 5.04. The normalized spacial score (nSPS) is 19.7. The topological polar surface area (TPSA) is 58.5 Å². The number of benzene rings is 1. The zero-order valence-corrected chi connectivity index (χ0v) is 10.3. The summed E-state index contributed by atoms with van der Waals surface area (Å²) >= 11 is 0. The molecule has 1 aliphatic heterocycles. The van der Waals surface area contributed by atoms with Crippen LogP contribution in [0.1, 0.15) is 36.8 Å². The van der Waals surface area contributed by atoms with E-state index in [-0.39, 0.29) is 12.3 Å². The molecular formula is C14H13FN2O2. The van der Waals surface area contributed by atoms with Crippen LogP contribution in [0.3, 0.4) is 0 Å². The van der Waals surface area contributed by atoms with Gasteiger partial charge < -0.3 is 5.32 Å². The number of halogens is 1. The van der Waals surface area contributed by atoms with Crippen molar-refractivity contribution in [2.24, 2.45) is 4.99 Å². The van der Waals surface area contributed by atoms with E-state index in [1.807, 2.05) is 0 Å². The van der Waals surface area contributed by atoms with E-state index in [1.54, 1.807) is 6.08 Å². The molecule has 1 fully saturated rings. The van der Waals surface area contributed by atoms with Gasteiger partial charge in [-0.05, 0) is 30.5 Å². The average molecular weight is 260 g/mol. The molecule has 0 atom stereocenters. The third-order valence-electron chi connectivity index (χ3n) is 3.99. The molecule has 2 aliphatic rings. The van der Waals surface area contributed by atoms with E-state index in [9.17, 15) is 14.0 Å². The van der Waals surface area contributed by atoms with E-state index in [4.69, 9.17) is 0 Å². The van der Waals surface area contributed by atoms with Crippen molar-refractivity contribution in [2.45, 2.75) is 37.6 Å². The highest BCUT2D eigenvalue weighted by Gasteiger charge is 2.40. The Balaban J connectivity index is 2.20. The molecule has 0 unspecified atom stereocenters. The molecule has 1 aromatic rings. The Labute approximate surface area is 109 Å². The molecule has 1 amide bonds. The number of rotatable bonds is 2. The first-order valence-electron chi connectivity index (χ1n) is 6.36. The minimum atomic E-state index is -0.717. The Morgan fingerprint density at radius 2 is 2.05 bits per heavy atom. The number of isocyanates is 1. The summed E-state index contributed by atoms with van der Waals surface area (Å²) in [5.41, 5.74) is 1.18. The van der Waals surface area contributed by atoms with Crippen molar-refractivity contribution in [3.63, 3.8) is 0 Å². The third kappa shape index (κ3) is 1.87. The van der Waals surface area contributed by atoms with Crippen molar-refractivity contribution >= 4 is 17.7 Å². The lowest BCUT2D eigenvalue weighted by molar-refractivity contribution is -0.115. The van der Waals surface area contributed by atoms with Gasteiger partial charge in [0.25, 0.3) is 0 Å². The number of nitrogens with zero attached hydrogens (tertiary/aromatic N) is 1. The quantitative estimate of drug-likeness (QED) is 0.655. The van der Waals surface area contributed by atoms with Crippen LogP contribution in [0.5, 0.6) is 0 Å². The lowest BCUT2D eigenvalue weighted by atomic mass is 9.86. The molecule has 0 spiro atoms. The van der Waals surface area contributed by atoms with Crippen LogP contribution in [-0.4, -0.2) is 12.0 Å². The summed E-state index contributed by atoms with van der Waals surface area (Å²) in [5.74, 6) is -0.539. The Kier molecular flexibility index (Phi) is 2.72. The summed E-state index contributed by atoms with van der Waals surface area (Å²) < 4.78 is 13.7. The molecule has 1 N–H and O–H groups in total. The zero-order chi connectivity index (χ0) is 13.5. The van der Waals surface area contributed by atoms with Crippen molar-refractivity contribution in [2.75, 3.05) is 5.32 Å². The second kappa shape index (κ2) is 4.28. The smallest absolute Gasteiger partial charge is 0.235 e. The number of carbonyl (C=O) groups is 1. The largest absolute Gasteiger partial charge is 0.325 e. The van der Waals surface area contributed by atoms with Gasteiger partial charge in [-0.15, -0.1) is 0 Å². The standard InChI is InChI=1S/C14H13FN2O2/c15-10-5-9-6-12(19)17-13(9)11(7-10)14(16-8-18)3-1-2-4-14/h5,7H,1-4,6H2,(H,17,19). The fourth-order valence-electron chi connectivity index (χ4n) is 3.16. The minimum absolute atomic E-state index is 0.148. The van der Waals surface area contributed by atoms with Gasteiger partial charge in [-0.1, -0.05) is 12.8 Å². The zero-order valence-electron chi connectivity index (χ0n) is 10.3. The lowest BCUT2D eigenvalue weighted by Crippen LogP contribution is -2.21. The molecule has 1 aromatic carbocycles. The molecule has 4 nitrogen and oxygen atoms in total. The summed E-state index contributed by atoms with van der Waals surface area (Å²) in [5, 5.41) is 2.76. The molecule has 0 bridgehead atoms. The van der Waals surface area contributed by atoms with Crippen molar-refractivity contribution in [1.82, 2.24) is 0 Å². The fraction of sp³-hybridized carbons (Fsp3) is 0.429. The highest BCUT2D eigenvalue weighted by atomic mass is 19.1. The van der Waals surface area contributed by atoms with E-state index in [2.05, 4.69) is 10.3 Å². The Morgan fingerprint density at radius 1 is 1.32 bits per heavy atom. The van der Waals surface area contributed by atoms with Gasteiger partial charge in [-0.3, -0.25) is 4.79 Å². The van der Waals surface area contributed by atoms with Crippen LogP contribution in [0, 0.1) is 5.82 Å². The van der Waals surface area contributed by atoms with Gasteiger partial charge in [-0.2, -0.15) is 4.99 Å². The molecule has 5 heteroatoms. The van der Waals surface area contributed by atoms with Crippen LogP contribution in [0.25, 0.3) is 0 Å². The SMILES string of the molecule is O=C=NC1(c2cc(F)cc3c2NC(=O)C3)CCCC1. The van der Waals surface area contributed by atoms with E-state index < -0.39 is 11.4 Å². The third-order valence-corrected chi connectivity index (χ3v) is 3.99. The first-order valence-corrected chi connectivity index (χ1v) is 6.36. The molecule has 3 rings (SSSR count). The highest BCUT2D eigenvalue weighted by molar-refractivity contribution is 6.00. The van der Waals surface area contributed by atoms with Gasteiger partial charge in [0, 0.05) is 5.56 Å². The Morgan fingerprint density at radius 3 is 2.74 bits per heavy atom. The molecule has 19 heavy (non-hydrogen) atoms. The predicted octanol–water partition coefficient (Wildman–Crippen LogP) is 2.43. The van der Waals surface area contributed by atoms with Crippen LogP contribution in [0.2, 0.25) is 0 Å². The number of anilines is 1. The van der Waals surface area contributed by atoms with E-state index in [0.717, 1.165) is 12.8 Å². The number of carbonyl (C=O) groups excluding carboxylic acids is 2. The second-order valence-electron chi connectivity index (χ2n) is 5.15. The monoisotopic (exact) mass is 260 g/mol. The van der Waals surface area contributed by atoms with Crippen molar-refractivity contribution in [3.8, 4) is 0 Å². The van der Waals surface area contributed by atoms with Crippen molar-refractivity contribution < 1.29 is 14.0 Å². The molecule has 0 radical (unpaired) electrons. The highest BCUT2D eigenvalue weighted by Crippen LogP contribution is 2.47. The van der Waals surface area contributed by atoms with Crippen LogP contribution < -0.4 is 5.32 Å². The van der Waals surface area contributed by atoms with Gasteiger partial charge in [0.05, 0.1) is 12.1 Å². The van der Waals surface area contributed by atoms with Crippen LogP contribution in [0.15, 0.2) is 17.1 Å². The van der Waals surface area contributed by atoms with Gasteiger partial charge >= 0.3 is 0 Å². The minimum Gasteiger partial charge on any atom is -0.325 e. The Bertz CT molecular complexity index is 600. The van der Waals surface area contributed by atoms with Gasteiger partial charge in [0.2, 0.25) is 12.0 Å². The summed E-state index contributed by atoms with van der Waals surface area (Å²) in [6, 6.07) is 2.75. The summed E-state index contributed by atoms with van der Waals surface area (Å²) in [6.45, 7) is 0. The van der Waals surface area contributed by atoms with Crippen LogP contribution in [0.4, 0.5) is 10.1 Å². The van der Waals surface area contributed by atoms with Crippen molar-refractivity contribution in [3.05, 3.63) is 29.1 Å². The first-order chi connectivity index (χ1) is 9.14. The molecule has 1 aliphatic carbocycles. The Hall–Kier alpha value is -2.00. The van der Waals surface area contributed by atoms with Crippen LogP contribution >= 0.6 is 0 Å². The first kappa shape index (κ1) is 12.1. The molecular weight excluding hydrogens is 247 g/mol. The lowest BCUT2D eigenvalue weighted by Gasteiger charge is -2.25. The number of hydrogen-bond acceptors (Lipinski definition) is 3. The number of nitrogens with one attached hydrogen (secondary N) is 1. The molecule has 98 valence electrons. The van der Waals surface area contributed by atoms with Gasteiger partial charge in [0.1, 0.15) is 11.4 Å². The number of hydrogen-bond donors (Lipinski definition) is 1. The maximum Gasteiger partial charge on any atom is 0.235 e. The predicted molar refractivity (Wildman–Crippen MR) is 67.0 cm³/mol. The van der Waals surface area contributed by atoms with Crippen molar-refractivity contribution in [1.29, 1.82) is 0 Å². The maximum atomic E-state index is 13.7. The molecule has 1 saturated carbocycles. The molecule has 0 aromatic heterocycles. The molecule has 1 heterocycles. The van der Waals surface area contributed by atoms with E-state index in [1.165, 1.54) is 12.1 Å². The number of aliphatic imine (C=N–C) groups is 1. The fourth-order valence-corrected chi connectivity index (χ4v) is 3.16. The number of fused-ring (bicyclic) bond motifs is 1. The average Bonchev–Trinajstić information content (AvgIpc) is 2.95. The summed E-state index contributed by atoms with van der Waals surface area (Å²) in [4.78, 5) is 26.2. The number of amides is 1. The van der Waals surface area contributed by atoms with Gasteiger partial charge in [0.15, 0.2) is 0 Å². The van der Waals surface area contributed by atoms with E-state index >= 15 is 0 Å². The molecule has 0 saturated heterocycles. The van der Waals surface area contributed by atoms with Crippen LogP contribution in [-0.2, 0) is 21.5 Å². The second-order valence-corrected chi connectivity index (χ2v) is 5.15. The van der Waals surface area contributed by atoms with Gasteiger partial charge in [-0.25, -0.2) is 9.18 Å². The summed E-state index contributed by atoms with van der Waals surface area (Å²) in [7, 11) is 0. The maximum absolute atomic E-state index is 13.7. The van der Waals surface area contributed by atoms with E-state index in [0.29, 0.717) is 29.7 Å².